The summed E-state index contributed by atoms with van der Waals surface area (Å²) < 4.78 is 2.08. The molecule has 3 aromatic rings. The zero-order valence-corrected chi connectivity index (χ0v) is 16.8. The van der Waals surface area contributed by atoms with Gasteiger partial charge in [0.05, 0.1) is 16.5 Å². The Labute approximate surface area is 173 Å². The molecule has 2 aromatic carbocycles. The monoisotopic (exact) mass is 401 g/mol. The third kappa shape index (κ3) is 3.57. The number of carbonyl (C=O) groups is 2. The smallest absolute Gasteiger partial charge is 0.293 e. The van der Waals surface area contributed by atoms with Crippen molar-refractivity contribution in [1.29, 1.82) is 5.26 Å². The van der Waals surface area contributed by atoms with Crippen LogP contribution in [0.4, 0.5) is 4.79 Å². The van der Waals surface area contributed by atoms with Crippen molar-refractivity contribution in [3.8, 4) is 6.07 Å². The Balaban J connectivity index is 1.75. The fraction of sp³-hybridized carbons (Fsp3) is 0.174. The summed E-state index contributed by atoms with van der Waals surface area (Å²) in [5.41, 5.74) is 3.48. The van der Waals surface area contributed by atoms with Crippen LogP contribution in [0.1, 0.15) is 30.0 Å². The van der Waals surface area contributed by atoms with E-state index in [4.69, 9.17) is 0 Å². The van der Waals surface area contributed by atoms with E-state index in [0.29, 0.717) is 23.6 Å². The van der Waals surface area contributed by atoms with E-state index < -0.39 is 0 Å². The summed E-state index contributed by atoms with van der Waals surface area (Å²) in [6, 6.07) is 17.7. The van der Waals surface area contributed by atoms with Crippen molar-refractivity contribution in [3.05, 3.63) is 76.3 Å². The molecule has 0 N–H and O–H groups in total. The maximum absolute atomic E-state index is 12.6. The van der Waals surface area contributed by atoms with E-state index in [2.05, 4.69) is 10.6 Å². The summed E-state index contributed by atoms with van der Waals surface area (Å²) in [5, 5.41) is 10.2. The van der Waals surface area contributed by atoms with Gasteiger partial charge in [-0.2, -0.15) is 5.26 Å². The normalized spacial score (nSPS) is 15.4. The maximum atomic E-state index is 12.6. The fourth-order valence-electron chi connectivity index (χ4n) is 3.53. The number of nitriles is 1. The minimum atomic E-state index is -0.228. The average molecular weight is 401 g/mol. The highest BCUT2D eigenvalue weighted by molar-refractivity contribution is 8.18. The molecule has 0 saturated carbocycles. The van der Waals surface area contributed by atoms with Crippen molar-refractivity contribution in [1.82, 2.24) is 9.47 Å². The number of hydrogen-bond acceptors (Lipinski definition) is 4. The Kier molecular flexibility index (Phi) is 5.24. The van der Waals surface area contributed by atoms with Crippen molar-refractivity contribution < 1.29 is 9.59 Å². The molecule has 0 aliphatic carbocycles. The van der Waals surface area contributed by atoms with Gasteiger partial charge in [0.2, 0.25) is 0 Å². The molecule has 5 nitrogen and oxygen atoms in total. The van der Waals surface area contributed by atoms with Gasteiger partial charge < -0.3 is 4.57 Å². The first-order valence-corrected chi connectivity index (χ1v) is 10.2. The van der Waals surface area contributed by atoms with Gasteiger partial charge in [-0.25, -0.2) is 0 Å². The van der Waals surface area contributed by atoms with Crippen LogP contribution in [0.15, 0.2) is 59.6 Å². The van der Waals surface area contributed by atoms with E-state index in [0.717, 1.165) is 40.2 Å². The van der Waals surface area contributed by atoms with E-state index in [1.807, 2.05) is 61.7 Å². The Morgan fingerprint density at radius 2 is 1.86 bits per heavy atom. The summed E-state index contributed by atoms with van der Waals surface area (Å²) in [7, 11) is 0. The number of fused-ring (bicyclic) bond motifs is 1. The zero-order chi connectivity index (χ0) is 20.4. The second-order valence-corrected chi connectivity index (χ2v) is 7.82. The number of aromatic nitrogens is 1. The first kappa shape index (κ1) is 19.0. The number of imide groups is 1. The van der Waals surface area contributed by atoms with Gasteiger partial charge in [0.25, 0.3) is 11.1 Å². The molecule has 4 rings (SSSR count). The largest absolute Gasteiger partial charge is 0.342 e. The zero-order valence-electron chi connectivity index (χ0n) is 16.0. The second-order valence-electron chi connectivity index (χ2n) is 6.83. The van der Waals surface area contributed by atoms with Crippen LogP contribution < -0.4 is 0 Å². The Morgan fingerprint density at radius 3 is 2.66 bits per heavy atom. The molecular weight excluding hydrogens is 382 g/mol. The standard InChI is InChI=1S/C23H19N3O2S/c1-2-11-26-22(27)21(29-23(26)28)12-18-15-25(20-10-6-5-9-19(18)20)14-17-8-4-3-7-16(17)13-24/h3-10,12,15H,2,11,14H2,1H3/b21-12+. The molecule has 144 valence electrons. The van der Waals surface area contributed by atoms with Gasteiger partial charge in [0.1, 0.15) is 0 Å². The first-order valence-electron chi connectivity index (χ1n) is 9.43. The quantitative estimate of drug-likeness (QED) is 0.564. The van der Waals surface area contributed by atoms with Gasteiger partial charge in [-0.1, -0.05) is 43.3 Å². The SMILES string of the molecule is CCCN1C(=O)S/C(=C/c2cn(Cc3ccccc3C#N)c3ccccc23)C1=O. The van der Waals surface area contributed by atoms with E-state index in [9.17, 15) is 14.9 Å². The molecule has 0 atom stereocenters. The first-order chi connectivity index (χ1) is 14.1. The minimum absolute atomic E-state index is 0.213. The van der Waals surface area contributed by atoms with Gasteiger partial charge in [0.15, 0.2) is 0 Å². The highest BCUT2D eigenvalue weighted by atomic mass is 32.2. The van der Waals surface area contributed by atoms with Crippen LogP contribution in [0.5, 0.6) is 0 Å². The van der Waals surface area contributed by atoms with E-state index in [1.165, 1.54) is 4.90 Å². The molecule has 1 fully saturated rings. The van der Waals surface area contributed by atoms with Crippen molar-refractivity contribution in [2.75, 3.05) is 6.54 Å². The molecule has 1 saturated heterocycles. The molecule has 1 aliphatic heterocycles. The molecule has 1 aromatic heterocycles. The van der Waals surface area contributed by atoms with E-state index in [1.54, 1.807) is 6.08 Å². The van der Waals surface area contributed by atoms with Crippen LogP contribution in [-0.2, 0) is 11.3 Å². The molecule has 0 radical (unpaired) electrons. The third-order valence-corrected chi connectivity index (χ3v) is 5.81. The molecule has 0 unspecified atom stereocenters. The summed E-state index contributed by atoms with van der Waals surface area (Å²) in [6.45, 7) is 2.93. The number of amides is 2. The second kappa shape index (κ2) is 7.98. The topological polar surface area (TPSA) is 66.1 Å². The minimum Gasteiger partial charge on any atom is -0.342 e. The molecule has 2 heterocycles. The third-order valence-electron chi connectivity index (χ3n) is 4.91. The summed E-state index contributed by atoms with van der Waals surface area (Å²) in [5.74, 6) is -0.228. The number of benzene rings is 2. The predicted octanol–water partition coefficient (Wildman–Crippen LogP) is 5.01. The van der Waals surface area contributed by atoms with Crippen LogP contribution in [0.2, 0.25) is 0 Å². The molecule has 2 amide bonds. The van der Waals surface area contributed by atoms with Crippen molar-refractivity contribution in [2.45, 2.75) is 19.9 Å². The predicted molar refractivity (Wildman–Crippen MR) is 115 cm³/mol. The number of nitrogens with zero attached hydrogens (tertiary/aromatic N) is 3. The van der Waals surface area contributed by atoms with Gasteiger partial charge in [-0.3, -0.25) is 14.5 Å². The fourth-order valence-corrected chi connectivity index (χ4v) is 4.39. The van der Waals surface area contributed by atoms with Crippen molar-refractivity contribution in [2.24, 2.45) is 0 Å². The van der Waals surface area contributed by atoms with Gasteiger partial charge in [-0.05, 0) is 42.0 Å². The van der Waals surface area contributed by atoms with Gasteiger partial charge in [-0.15, -0.1) is 0 Å². The highest BCUT2D eigenvalue weighted by Gasteiger charge is 2.34. The van der Waals surface area contributed by atoms with E-state index in [-0.39, 0.29) is 11.1 Å². The van der Waals surface area contributed by atoms with Crippen LogP contribution >= 0.6 is 11.8 Å². The Morgan fingerprint density at radius 1 is 1.10 bits per heavy atom. The molecule has 1 aliphatic rings. The molecule has 29 heavy (non-hydrogen) atoms. The lowest BCUT2D eigenvalue weighted by atomic mass is 10.1. The Hall–Kier alpha value is -3.30. The van der Waals surface area contributed by atoms with Crippen molar-refractivity contribution >= 4 is 39.9 Å². The summed E-state index contributed by atoms with van der Waals surface area (Å²) in [6.07, 6.45) is 4.52. The van der Waals surface area contributed by atoms with Crippen molar-refractivity contribution in [3.63, 3.8) is 0 Å². The Bertz CT molecular complexity index is 1190. The average Bonchev–Trinajstić information content (AvgIpc) is 3.21. The lowest BCUT2D eigenvalue weighted by Crippen LogP contribution is -2.28. The molecule has 0 spiro atoms. The molecule has 0 bridgehead atoms. The molecule has 6 heteroatoms. The number of rotatable bonds is 5. The lowest BCUT2D eigenvalue weighted by molar-refractivity contribution is -0.122. The number of hydrogen-bond donors (Lipinski definition) is 0. The molecular formula is C23H19N3O2S. The van der Waals surface area contributed by atoms with Gasteiger partial charge >= 0.3 is 0 Å². The highest BCUT2D eigenvalue weighted by Crippen LogP contribution is 2.34. The summed E-state index contributed by atoms with van der Waals surface area (Å²) in [4.78, 5) is 26.5. The van der Waals surface area contributed by atoms with Gasteiger partial charge in [0, 0.05) is 35.8 Å². The van der Waals surface area contributed by atoms with E-state index >= 15 is 0 Å². The van der Waals surface area contributed by atoms with Crippen LogP contribution in [-0.4, -0.2) is 27.2 Å². The van der Waals surface area contributed by atoms with Crippen LogP contribution in [0.3, 0.4) is 0 Å². The summed E-state index contributed by atoms with van der Waals surface area (Å²) >= 11 is 0.991. The number of carbonyl (C=O) groups excluding carboxylic acids is 2. The number of para-hydroxylation sites is 1. The van der Waals surface area contributed by atoms with Crippen LogP contribution in [0, 0.1) is 11.3 Å². The maximum Gasteiger partial charge on any atom is 0.293 e. The number of thioether (sulfide) groups is 1. The lowest BCUT2D eigenvalue weighted by Gasteiger charge is -2.09. The van der Waals surface area contributed by atoms with Crippen LogP contribution in [0.25, 0.3) is 17.0 Å².